The van der Waals surface area contributed by atoms with E-state index < -0.39 is 6.10 Å². The van der Waals surface area contributed by atoms with Crippen molar-refractivity contribution in [1.29, 1.82) is 0 Å². The molecule has 12 heavy (non-hydrogen) atoms. The van der Waals surface area contributed by atoms with Crippen molar-refractivity contribution in [1.82, 2.24) is 0 Å². The maximum atomic E-state index is 9.37. The summed E-state index contributed by atoms with van der Waals surface area (Å²) in [7, 11) is 1.28. The molecule has 0 bridgehead atoms. The molecule has 2 fully saturated rings. The molecule has 1 unspecified atom stereocenters. The van der Waals surface area contributed by atoms with Crippen molar-refractivity contribution < 1.29 is 18.8 Å². The monoisotopic (exact) mass is 304 g/mol. The molecular formula is C6H9IO4S. The van der Waals surface area contributed by atoms with Crippen molar-refractivity contribution in [3.8, 4) is 0 Å². The normalized spacial score (nSPS) is 46.5. The summed E-state index contributed by atoms with van der Waals surface area (Å²) in [5.74, 6) is 0. The fourth-order valence-corrected chi connectivity index (χ4v) is 2.63. The molecule has 0 aromatic heterocycles. The quantitative estimate of drug-likeness (QED) is 0.596. The third kappa shape index (κ3) is 1.60. The Kier molecular flexibility index (Phi) is 3.13. The molecule has 2 rings (SSSR count). The van der Waals surface area contributed by atoms with E-state index in [9.17, 15) is 5.11 Å². The zero-order valence-electron chi connectivity index (χ0n) is 6.18. The lowest BCUT2D eigenvalue weighted by atomic mass is 10.1. The predicted octanol–water partition coefficient (Wildman–Crippen LogP) is 0.528. The molecule has 2 saturated heterocycles. The van der Waals surface area contributed by atoms with Gasteiger partial charge in [0.15, 0.2) is 0 Å². The second kappa shape index (κ2) is 3.97. The van der Waals surface area contributed by atoms with Gasteiger partial charge in [-0.3, -0.25) is 4.18 Å². The lowest BCUT2D eigenvalue weighted by molar-refractivity contribution is 0.0120. The summed E-state index contributed by atoms with van der Waals surface area (Å²) in [5.41, 5.74) is 0. The molecule has 0 spiro atoms. The Morgan fingerprint density at radius 3 is 2.83 bits per heavy atom. The SMILES string of the molecule is O[C@H]1CO[C@@H]2C(OSI)CO[C@@H]21. The number of hydrogen-bond donors (Lipinski definition) is 1. The molecule has 70 valence electrons. The lowest BCUT2D eigenvalue weighted by Crippen LogP contribution is -2.31. The summed E-state index contributed by atoms with van der Waals surface area (Å²) in [4.78, 5) is 0. The highest BCUT2D eigenvalue weighted by Gasteiger charge is 2.47. The molecule has 0 amide bonds. The minimum atomic E-state index is -0.484. The molecule has 0 aromatic carbocycles. The second-order valence-electron chi connectivity index (χ2n) is 2.86. The van der Waals surface area contributed by atoms with Gasteiger partial charge in [-0.05, 0) is 0 Å². The summed E-state index contributed by atoms with van der Waals surface area (Å²) < 4.78 is 16.0. The van der Waals surface area contributed by atoms with Gasteiger partial charge in [0.05, 0.1) is 22.4 Å². The van der Waals surface area contributed by atoms with Crippen LogP contribution in [0.25, 0.3) is 0 Å². The summed E-state index contributed by atoms with van der Waals surface area (Å²) in [6, 6.07) is 0. The van der Waals surface area contributed by atoms with E-state index in [1.165, 1.54) is 9.21 Å². The van der Waals surface area contributed by atoms with Crippen molar-refractivity contribution in [2.45, 2.75) is 24.4 Å². The Morgan fingerprint density at radius 2 is 2.08 bits per heavy atom. The minimum absolute atomic E-state index is 0.0333. The van der Waals surface area contributed by atoms with Crippen LogP contribution in [0.5, 0.6) is 0 Å². The first kappa shape index (κ1) is 9.47. The molecule has 4 nitrogen and oxygen atoms in total. The molecule has 1 N–H and O–H groups in total. The molecule has 0 saturated carbocycles. The molecule has 0 aliphatic carbocycles. The molecule has 2 heterocycles. The van der Waals surface area contributed by atoms with E-state index in [1.807, 2.05) is 0 Å². The number of ether oxygens (including phenoxy) is 2. The standard InChI is InChI=1S/C6H9IO4S/c7-12-11-4-2-10-5-3(8)1-9-6(4)5/h3-6,8H,1-2H2/t3-,4?,5+,6+/m0/s1. The number of halogens is 1. The van der Waals surface area contributed by atoms with E-state index in [0.29, 0.717) is 13.2 Å². The van der Waals surface area contributed by atoms with Crippen LogP contribution in [-0.4, -0.2) is 42.7 Å². The van der Waals surface area contributed by atoms with E-state index >= 15 is 0 Å². The number of hydrogen-bond acceptors (Lipinski definition) is 5. The van der Waals surface area contributed by atoms with Crippen LogP contribution in [0.4, 0.5) is 0 Å². The van der Waals surface area contributed by atoms with E-state index in [0.717, 1.165) is 0 Å². The third-order valence-electron chi connectivity index (χ3n) is 2.14. The molecule has 4 atom stereocenters. The van der Waals surface area contributed by atoms with Crippen LogP contribution in [0.1, 0.15) is 0 Å². The van der Waals surface area contributed by atoms with Crippen LogP contribution in [-0.2, 0) is 13.7 Å². The minimum Gasteiger partial charge on any atom is -0.388 e. The Morgan fingerprint density at radius 1 is 1.33 bits per heavy atom. The third-order valence-corrected chi connectivity index (χ3v) is 3.08. The molecular weight excluding hydrogens is 295 g/mol. The zero-order chi connectivity index (χ0) is 8.55. The average Bonchev–Trinajstić information content (AvgIpc) is 2.58. The van der Waals surface area contributed by atoms with Crippen molar-refractivity contribution in [3.63, 3.8) is 0 Å². The number of aliphatic hydroxyl groups is 1. The summed E-state index contributed by atoms with van der Waals surface area (Å²) in [6.45, 7) is 0.878. The first-order chi connectivity index (χ1) is 5.83. The first-order valence-corrected chi connectivity index (χ1v) is 6.96. The number of rotatable bonds is 2. The van der Waals surface area contributed by atoms with Crippen LogP contribution < -0.4 is 0 Å². The Balaban J connectivity index is 1.96. The fraction of sp³-hybridized carbons (Fsp3) is 1.00. The van der Waals surface area contributed by atoms with Crippen LogP contribution in [0.2, 0.25) is 0 Å². The molecule has 2 aliphatic heterocycles. The maximum Gasteiger partial charge on any atom is 0.125 e. The predicted molar refractivity (Wildman–Crippen MR) is 52.0 cm³/mol. The Bertz CT molecular complexity index is 170. The van der Waals surface area contributed by atoms with Crippen molar-refractivity contribution in [2.75, 3.05) is 13.2 Å². The molecule has 0 aromatic rings. The fourth-order valence-electron chi connectivity index (χ4n) is 1.57. The van der Waals surface area contributed by atoms with Crippen LogP contribution in [0, 0.1) is 0 Å². The van der Waals surface area contributed by atoms with E-state index in [2.05, 4.69) is 21.2 Å². The van der Waals surface area contributed by atoms with Gasteiger partial charge in [0, 0.05) is 21.2 Å². The Labute approximate surface area is 86.7 Å². The second-order valence-corrected chi connectivity index (χ2v) is 4.26. The van der Waals surface area contributed by atoms with Gasteiger partial charge in [0.1, 0.15) is 24.4 Å². The van der Waals surface area contributed by atoms with Gasteiger partial charge in [0.25, 0.3) is 0 Å². The topological polar surface area (TPSA) is 47.9 Å². The van der Waals surface area contributed by atoms with Gasteiger partial charge >= 0.3 is 0 Å². The van der Waals surface area contributed by atoms with Crippen molar-refractivity contribution in [2.24, 2.45) is 0 Å². The molecule has 6 heteroatoms. The van der Waals surface area contributed by atoms with E-state index in [4.69, 9.17) is 13.7 Å². The van der Waals surface area contributed by atoms with Crippen LogP contribution >= 0.6 is 30.4 Å². The van der Waals surface area contributed by atoms with Crippen molar-refractivity contribution >= 4 is 30.4 Å². The zero-order valence-corrected chi connectivity index (χ0v) is 9.16. The van der Waals surface area contributed by atoms with E-state index in [-0.39, 0.29) is 18.3 Å². The number of fused-ring (bicyclic) bond motifs is 1. The van der Waals surface area contributed by atoms with Gasteiger partial charge in [-0.15, -0.1) is 0 Å². The van der Waals surface area contributed by atoms with Crippen molar-refractivity contribution in [3.05, 3.63) is 0 Å². The Hall–Kier alpha value is 0.920. The maximum absolute atomic E-state index is 9.37. The first-order valence-electron chi connectivity index (χ1n) is 3.68. The summed E-state index contributed by atoms with van der Waals surface area (Å²) in [6.07, 6.45) is -0.780. The smallest absolute Gasteiger partial charge is 0.125 e. The van der Waals surface area contributed by atoms with Gasteiger partial charge in [-0.1, -0.05) is 0 Å². The summed E-state index contributed by atoms with van der Waals surface area (Å²) >= 11 is 2.06. The van der Waals surface area contributed by atoms with Gasteiger partial charge < -0.3 is 14.6 Å². The lowest BCUT2D eigenvalue weighted by Gasteiger charge is -2.13. The number of aliphatic hydroxyl groups excluding tert-OH is 1. The van der Waals surface area contributed by atoms with Gasteiger partial charge in [-0.25, -0.2) is 0 Å². The van der Waals surface area contributed by atoms with Gasteiger partial charge in [-0.2, -0.15) is 0 Å². The average molecular weight is 304 g/mol. The molecule has 2 aliphatic rings. The van der Waals surface area contributed by atoms with Gasteiger partial charge in [0.2, 0.25) is 0 Å². The highest BCUT2D eigenvalue weighted by molar-refractivity contribution is 14.2. The van der Waals surface area contributed by atoms with Crippen LogP contribution in [0.15, 0.2) is 0 Å². The largest absolute Gasteiger partial charge is 0.388 e. The van der Waals surface area contributed by atoms with Crippen LogP contribution in [0.3, 0.4) is 0 Å². The highest BCUT2D eigenvalue weighted by atomic mass is 127. The highest BCUT2D eigenvalue weighted by Crippen LogP contribution is 2.31. The molecule has 0 radical (unpaired) electrons. The van der Waals surface area contributed by atoms with E-state index in [1.54, 1.807) is 0 Å². The summed E-state index contributed by atoms with van der Waals surface area (Å²) in [5, 5.41) is 9.37.